The summed E-state index contributed by atoms with van der Waals surface area (Å²) in [6, 6.07) is 14.1. The molecule has 0 saturated heterocycles. The molecule has 0 aliphatic rings. The summed E-state index contributed by atoms with van der Waals surface area (Å²) in [5.74, 6) is 0.182. The first-order valence-corrected chi connectivity index (χ1v) is 14.6. The summed E-state index contributed by atoms with van der Waals surface area (Å²) >= 11 is 0. The molecule has 0 fully saturated rings. The maximum absolute atomic E-state index is 13.5. The molecule has 0 unspecified atom stereocenters. The van der Waals surface area contributed by atoms with Gasteiger partial charge >= 0.3 is 0 Å². The van der Waals surface area contributed by atoms with Crippen molar-refractivity contribution >= 4 is 27.5 Å². The van der Waals surface area contributed by atoms with E-state index in [1.807, 2.05) is 52.0 Å². The van der Waals surface area contributed by atoms with Crippen molar-refractivity contribution in [2.45, 2.75) is 72.0 Å². The Hall–Kier alpha value is -3.07. The van der Waals surface area contributed by atoms with Gasteiger partial charge in [-0.2, -0.15) is 0 Å². The summed E-state index contributed by atoms with van der Waals surface area (Å²) in [6.45, 7) is 8.26. The van der Waals surface area contributed by atoms with Crippen LogP contribution in [0, 0.1) is 6.92 Å². The lowest BCUT2D eigenvalue weighted by molar-refractivity contribution is -0.141. The minimum absolute atomic E-state index is 0.00376. The van der Waals surface area contributed by atoms with Crippen molar-refractivity contribution < 1.29 is 22.7 Å². The molecule has 2 atom stereocenters. The Morgan fingerprint density at radius 3 is 2.30 bits per heavy atom. The smallest absolute Gasteiger partial charge is 0.243 e. The molecule has 2 aromatic rings. The number of hydrogen-bond acceptors (Lipinski definition) is 5. The van der Waals surface area contributed by atoms with Gasteiger partial charge in [-0.1, -0.05) is 49.7 Å². The fraction of sp³-hybridized carbons (Fsp3) is 0.500. The molecule has 9 heteroatoms. The van der Waals surface area contributed by atoms with Crippen LogP contribution < -0.4 is 14.4 Å². The summed E-state index contributed by atoms with van der Waals surface area (Å²) in [5.41, 5.74) is 2.52. The Balaban J connectivity index is 2.22. The molecule has 2 rings (SSSR count). The van der Waals surface area contributed by atoms with E-state index in [0.29, 0.717) is 30.8 Å². The SMILES string of the molecule is CC[C@H](C(=O)N[C@@H](C)CC)N(Cc1ccc(C)cc1)C(=O)CCCN(c1cccc(OC)c1)S(C)(=O)=O. The second kappa shape index (κ2) is 14.0. The van der Waals surface area contributed by atoms with Crippen LogP contribution in [0.25, 0.3) is 0 Å². The zero-order valence-corrected chi connectivity index (χ0v) is 23.7. The summed E-state index contributed by atoms with van der Waals surface area (Å²) in [5, 5.41) is 3.01. The van der Waals surface area contributed by atoms with Gasteiger partial charge in [0, 0.05) is 31.6 Å². The number of hydrogen-bond donors (Lipinski definition) is 1. The number of methoxy groups -OCH3 is 1. The van der Waals surface area contributed by atoms with E-state index in [9.17, 15) is 18.0 Å². The van der Waals surface area contributed by atoms with E-state index in [1.54, 1.807) is 29.2 Å². The van der Waals surface area contributed by atoms with E-state index in [4.69, 9.17) is 4.74 Å². The normalized spacial score (nSPS) is 12.9. The molecular weight excluding hydrogens is 490 g/mol. The van der Waals surface area contributed by atoms with Gasteiger partial charge in [0.05, 0.1) is 19.1 Å². The van der Waals surface area contributed by atoms with Gasteiger partial charge in [0.2, 0.25) is 21.8 Å². The van der Waals surface area contributed by atoms with Crippen LogP contribution in [-0.2, 0) is 26.2 Å². The maximum atomic E-state index is 13.5. The van der Waals surface area contributed by atoms with Crippen molar-refractivity contribution in [1.29, 1.82) is 0 Å². The number of carbonyl (C=O) groups excluding carboxylic acids is 2. The Bertz CT molecular complexity index is 1130. The first-order chi connectivity index (χ1) is 17.5. The van der Waals surface area contributed by atoms with Crippen molar-refractivity contribution in [3.8, 4) is 5.75 Å². The number of rotatable bonds is 14. The lowest BCUT2D eigenvalue weighted by Crippen LogP contribution is -2.50. The molecule has 0 aromatic heterocycles. The molecule has 204 valence electrons. The van der Waals surface area contributed by atoms with Crippen LogP contribution in [0.4, 0.5) is 5.69 Å². The number of aryl methyl sites for hydroxylation is 1. The number of sulfonamides is 1. The van der Waals surface area contributed by atoms with Crippen LogP contribution in [0.2, 0.25) is 0 Å². The van der Waals surface area contributed by atoms with E-state index < -0.39 is 16.1 Å². The summed E-state index contributed by atoms with van der Waals surface area (Å²) in [6.07, 6.45) is 2.81. The van der Waals surface area contributed by atoms with Crippen LogP contribution in [0.3, 0.4) is 0 Å². The molecule has 0 aliphatic carbocycles. The fourth-order valence-corrected chi connectivity index (χ4v) is 4.98. The van der Waals surface area contributed by atoms with Gasteiger partial charge in [0.25, 0.3) is 0 Å². The third-order valence-electron chi connectivity index (χ3n) is 6.35. The number of anilines is 1. The predicted octanol–water partition coefficient (Wildman–Crippen LogP) is 4.27. The largest absolute Gasteiger partial charge is 0.497 e. The molecule has 1 N–H and O–H groups in total. The average Bonchev–Trinajstić information content (AvgIpc) is 2.86. The first kappa shape index (κ1) is 30.2. The first-order valence-electron chi connectivity index (χ1n) is 12.8. The third-order valence-corrected chi connectivity index (χ3v) is 7.55. The van der Waals surface area contributed by atoms with Crippen LogP contribution in [-0.4, -0.2) is 57.1 Å². The maximum Gasteiger partial charge on any atom is 0.243 e. The number of nitrogens with zero attached hydrogens (tertiary/aromatic N) is 2. The van der Waals surface area contributed by atoms with Crippen molar-refractivity contribution in [1.82, 2.24) is 10.2 Å². The molecule has 8 nitrogen and oxygen atoms in total. The minimum Gasteiger partial charge on any atom is -0.497 e. The lowest BCUT2D eigenvalue weighted by atomic mass is 10.1. The molecule has 0 heterocycles. The quantitative estimate of drug-likeness (QED) is 0.393. The number of nitrogens with one attached hydrogen (secondary N) is 1. The molecular formula is C28H41N3O5S. The standard InChI is InChI=1S/C28H41N3O5S/c1-7-22(4)29-28(33)26(8-2)30(20-23-16-14-21(3)15-17-23)27(32)13-10-18-31(37(6,34)35)24-11-9-12-25(19-24)36-5/h9,11-12,14-17,19,22,26H,7-8,10,13,18,20H2,1-6H3,(H,29,33)/t22-,26+/m0/s1. The Kier molecular flexibility index (Phi) is 11.4. The average molecular weight is 532 g/mol. The minimum atomic E-state index is -3.58. The Morgan fingerprint density at radius 2 is 1.73 bits per heavy atom. The van der Waals surface area contributed by atoms with E-state index in [-0.39, 0.29) is 30.8 Å². The van der Waals surface area contributed by atoms with Gasteiger partial charge < -0.3 is 15.0 Å². The van der Waals surface area contributed by atoms with Crippen molar-refractivity contribution in [3.05, 3.63) is 59.7 Å². The van der Waals surface area contributed by atoms with Crippen LogP contribution >= 0.6 is 0 Å². The highest BCUT2D eigenvalue weighted by atomic mass is 32.2. The third kappa shape index (κ3) is 9.07. The highest BCUT2D eigenvalue weighted by Crippen LogP contribution is 2.24. The van der Waals surface area contributed by atoms with Gasteiger partial charge in [-0.05, 0) is 50.8 Å². The number of carbonyl (C=O) groups is 2. The van der Waals surface area contributed by atoms with Gasteiger partial charge in [0.15, 0.2) is 0 Å². The van der Waals surface area contributed by atoms with Crippen LogP contribution in [0.5, 0.6) is 5.75 Å². The van der Waals surface area contributed by atoms with E-state index in [1.165, 1.54) is 11.4 Å². The lowest BCUT2D eigenvalue weighted by Gasteiger charge is -2.32. The van der Waals surface area contributed by atoms with E-state index >= 15 is 0 Å². The molecule has 0 radical (unpaired) electrons. The molecule has 37 heavy (non-hydrogen) atoms. The highest BCUT2D eigenvalue weighted by Gasteiger charge is 2.29. The van der Waals surface area contributed by atoms with Gasteiger partial charge in [0.1, 0.15) is 11.8 Å². The summed E-state index contributed by atoms with van der Waals surface area (Å²) in [7, 11) is -2.06. The topological polar surface area (TPSA) is 96.0 Å². The number of benzene rings is 2. The van der Waals surface area contributed by atoms with Gasteiger partial charge in [-0.3, -0.25) is 13.9 Å². The second-order valence-electron chi connectivity index (χ2n) is 9.39. The monoisotopic (exact) mass is 531 g/mol. The Labute approximate surface area is 222 Å². The summed E-state index contributed by atoms with van der Waals surface area (Å²) in [4.78, 5) is 28.2. The number of amides is 2. The van der Waals surface area contributed by atoms with Crippen molar-refractivity contribution in [2.75, 3.05) is 24.2 Å². The van der Waals surface area contributed by atoms with Crippen LogP contribution in [0.15, 0.2) is 48.5 Å². The zero-order valence-electron chi connectivity index (χ0n) is 22.9. The van der Waals surface area contributed by atoms with Crippen LogP contribution in [0.1, 0.15) is 57.6 Å². The molecule has 0 spiro atoms. The second-order valence-corrected chi connectivity index (χ2v) is 11.3. The molecule has 0 aliphatic heterocycles. The van der Waals surface area contributed by atoms with Gasteiger partial charge in [-0.25, -0.2) is 8.42 Å². The molecule has 2 amide bonds. The van der Waals surface area contributed by atoms with E-state index in [2.05, 4.69) is 5.32 Å². The fourth-order valence-electron chi connectivity index (χ4n) is 4.02. The molecule has 2 aromatic carbocycles. The predicted molar refractivity (Wildman–Crippen MR) is 148 cm³/mol. The molecule has 0 bridgehead atoms. The van der Waals surface area contributed by atoms with E-state index in [0.717, 1.165) is 23.8 Å². The van der Waals surface area contributed by atoms with Crippen molar-refractivity contribution in [2.24, 2.45) is 0 Å². The summed E-state index contributed by atoms with van der Waals surface area (Å²) < 4.78 is 31.6. The zero-order chi connectivity index (χ0) is 27.6. The molecule has 0 saturated carbocycles. The van der Waals surface area contributed by atoms with Crippen molar-refractivity contribution in [3.63, 3.8) is 0 Å². The highest BCUT2D eigenvalue weighted by molar-refractivity contribution is 7.92. The number of ether oxygens (including phenoxy) is 1. The Morgan fingerprint density at radius 1 is 1.05 bits per heavy atom. The van der Waals surface area contributed by atoms with Gasteiger partial charge in [-0.15, -0.1) is 0 Å².